The van der Waals surface area contributed by atoms with Crippen molar-refractivity contribution in [2.75, 3.05) is 0 Å². The van der Waals surface area contributed by atoms with E-state index in [-0.39, 0.29) is 10.6 Å². The van der Waals surface area contributed by atoms with Crippen molar-refractivity contribution in [2.45, 2.75) is 11.8 Å². The van der Waals surface area contributed by atoms with Gasteiger partial charge in [-0.15, -0.1) is 11.3 Å². The van der Waals surface area contributed by atoms with Crippen LogP contribution < -0.4 is 0 Å². The average Bonchev–Trinajstić information content (AvgIpc) is 2.60. The van der Waals surface area contributed by atoms with Crippen LogP contribution in [0.25, 0.3) is 10.1 Å². The molecule has 0 aliphatic heterocycles. The minimum Gasteiger partial charge on any atom is -0.298 e. The lowest BCUT2D eigenvalue weighted by molar-refractivity contribution is -0.116. The van der Waals surface area contributed by atoms with Crippen LogP contribution in [-0.2, 0) is 4.79 Å². The highest BCUT2D eigenvalue weighted by Crippen LogP contribution is 2.34. The molecule has 0 N–H and O–H groups in total. The molecule has 1 unspecified atom stereocenters. The fraction of sp³-hybridized carbons (Fsp3) is 0.182. The second kappa shape index (κ2) is 3.83. The molecule has 3 heteroatoms. The van der Waals surface area contributed by atoms with E-state index in [1.165, 1.54) is 10.1 Å². The van der Waals surface area contributed by atoms with Gasteiger partial charge in [0.05, 0.1) is 4.83 Å². The summed E-state index contributed by atoms with van der Waals surface area (Å²) in [6, 6.07) is 8.14. The van der Waals surface area contributed by atoms with Gasteiger partial charge in [0.15, 0.2) is 0 Å². The van der Waals surface area contributed by atoms with Crippen molar-refractivity contribution in [1.82, 2.24) is 0 Å². The van der Waals surface area contributed by atoms with Crippen LogP contribution in [0.5, 0.6) is 0 Å². The normalized spacial score (nSPS) is 13.0. The van der Waals surface area contributed by atoms with Gasteiger partial charge in [0.1, 0.15) is 5.78 Å². The van der Waals surface area contributed by atoms with Gasteiger partial charge in [-0.1, -0.05) is 34.1 Å². The highest BCUT2D eigenvalue weighted by Gasteiger charge is 2.16. The Kier molecular flexibility index (Phi) is 2.70. The SMILES string of the molecule is CC(=O)C(Br)c1csc2ccccc12. The second-order valence-corrected chi connectivity index (χ2v) is 4.99. The number of hydrogen-bond acceptors (Lipinski definition) is 2. The first kappa shape index (κ1) is 9.87. The average molecular weight is 269 g/mol. The number of carbonyl (C=O) groups excluding carboxylic acids is 1. The van der Waals surface area contributed by atoms with Gasteiger partial charge in [-0.25, -0.2) is 0 Å². The molecule has 0 aliphatic carbocycles. The Balaban J connectivity index is 2.58. The Morgan fingerprint density at radius 2 is 2.14 bits per heavy atom. The van der Waals surface area contributed by atoms with E-state index in [1.807, 2.05) is 17.5 Å². The summed E-state index contributed by atoms with van der Waals surface area (Å²) in [5, 5.41) is 3.22. The van der Waals surface area contributed by atoms with Crippen molar-refractivity contribution >= 4 is 43.1 Å². The topological polar surface area (TPSA) is 17.1 Å². The van der Waals surface area contributed by atoms with Gasteiger partial charge in [-0.2, -0.15) is 0 Å². The van der Waals surface area contributed by atoms with E-state index in [1.54, 1.807) is 18.3 Å². The Hall–Kier alpha value is -0.670. The number of fused-ring (bicyclic) bond motifs is 1. The zero-order chi connectivity index (χ0) is 10.1. The maximum atomic E-state index is 11.2. The van der Waals surface area contributed by atoms with Gasteiger partial charge in [0.2, 0.25) is 0 Å². The van der Waals surface area contributed by atoms with Crippen LogP contribution in [-0.4, -0.2) is 5.78 Å². The molecular weight excluding hydrogens is 260 g/mol. The lowest BCUT2D eigenvalue weighted by atomic mass is 10.1. The molecule has 1 heterocycles. The van der Waals surface area contributed by atoms with Gasteiger partial charge < -0.3 is 0 Å². The van der Waals surface area contributed by atoms with E-state index < -0.39 is 0 Å². The van der Waals surface area contributed by atoms with Gasteiger partial charge in [-0.3, -0.25) is 4.79 Å². The van der Waals surface area contributed by atoms with Crippen molar-refractivity contribution < 1.29 is 4.79 Å². The van der Waals surface area contributed by atoms with Crippen LogP contribution in [0.1, 0.15) is 17.3 Å². The molecule has 0 bridgehead atoms. The molecule has 0 saturated heterocycles. The highest BCUT2D eigenvalue weighted by atomic mass is 79.9. The van der Waals surface area contributed by atoms with Crippen LogP contribution in [0.4, 0.5) is 0 Å². The number of halogens is 1. The number of rotatable bonds is 2. The number of Topliss-reactive ketones (excluding diaryl/α,β-unsaturated/α-hetero) is 1. The second-order valence-electron chi connectivity index (χ2n) is 3.16. The van der Waals surface area contributed by atoms with Crippen molar-refractivity contribution in [2.24, 2.45) is 0 Å². The Bertz CT molecular complexity index is 475. The molecule has 14 heavy (non-hydrogen) atoms. The van der Waals surface area contributed by atoms with E-state index in [2.05, 4.69) is 28.1 Å². The number of carbonyl (C=O) groups is 1. The van der Waals surface area contributed by atoms with E-state index in [0.717, 1.165) is 5.56 Å². The number of alkyl halides is 1. The third-order valence-electron chi connectivity index (χ3n) is 2.14. The van der Waals surface area contributed by atoms with E-state index in [4.69, 9.17) is 0 Å². The molecule has 1 nitrogen and oxygen atoms in total. The van der Waals surface area contributed by atoms with Crippen LogP contribution in [0.15, 0.2) is 29.6 Å². The minimum atomic E-state index is -0.168. The Morgan fingerprint density at radius 1 is 1.43 bits per heavy atom. The molecule has 2 rings (SSSR count). The summed E-state index contributed by atoms with van der Waals surface area (Å²) < 4.78 is 1.23. The first-order valence-corrected chi connectivity index (χ1v) is 6.10. The Labute approximate surface area is 94.9 Å². The van der Waals surface area contributed by atoms with Gasteiger partial charge in [-0.05, 0) is 29.3 Å². The number of ketones is 1. The van der Waals surface area contributed by atoms with Gasteiger partial charge >= 0.3 is 0 Å². The molecular formula is C11H9BrOS. The van der Waals surface area contributed by atoms with Gasteiger partial charge in [0.25, 0.3) is 0 Å². The lowest BCUT2D eigenvalue weighted by Crippen LogP contribution is -1.99. The molecule has 1 aromatic heterocycles. The number of thiophene rings is 1. The maximum absolute atomic E-state index is 11.2. The van der Waals surface area contributed by atoms with Gasteiger partial charge in [0, 0.05) is 4.70 Å². The van der Waals surface area contributed by atoms with Crippen LogP contribution in [0, 0.1) is 0 Å². The fourth-order valence-electron chi connectivity index (χ4n) is 1.41. The summed E-state index contributed by atoms with van der Waals surface area (Å²) in [5.41, 5.74) is 1.08. The third kappa shape index (κ3) is 1.62. The van der Waals surface area contributed by atoms with E-state index in [0.29, 0.717) is 0 Å². The predicted molar refractivity (Wildman–Crippen MR) is 64.2 cm³/mol. The van der Waals surface area contributed by atoms with Crippen molar-refractivity contribution in [3.63, 3.8) is 0 Å². The molecule has 1 atom stereocenters. The zero-order valence-electron chi connectivity index (χ0n) is 7.66. The smallest absolute Gasteiger partial charge is 0.147 e. The minimum absolute atomic E-state index is 0.147. The molecule has 0 amide bonds. The summed E-state index contributed by atoms with van der Waals surface area (Å²) in [6.45, 7) is 1.60. The molecule has 0 radical (unpaired) electrons. The van der Waals surface area contributed by atoms with E-state index >= 15 is 0 Å². The van der Waals surface area contributed by atoms with Crippen molar-refractivity contribution in [3.8, 4) is 0 Å². The molecule has 1 aromatic carbocycles. The van der Waals surface area contributed by atoms with E-state index in [9.17, 15) is 4.79 Å². The molecule has 0 aliphatic rings. The lowest BCUT2D eigenvalue weighted by Gasteiger charge is -2.03. The third-order valence-corrected chi connectivity index (χ3v) is 4.26. The zero-order valence-corrected chi connectivity index (χ0v) is 10.1. The summed E-state index contributed by atoms with van der Waals surface area (Å²) in [6.07, 6.45) is 0. The fourth-order valence-corrected chi connectivity index (χ4v) is 2.95. The summed E-state index contributed by atoms with van der Waals surface area (Å²) >= 11 is 5.09. The highest BCUT2D eigenvalue weighted by molar-refractivity contribution is 9.09. The molecule has 0 fully saturated rings. The number of hydrogen-bond donors (Lipinski definition) is 0. The predicted octanol–water partition coefficient (Wildman–Crippen LogP) is 3.93. The molecule has 0 spiro atoms. The molecule has 72 valence electrons. The monoisotopic (exact) mass is 268 g/mol. The van der Waals surface area contributed by atoms with Crippen LogP contribution in [0.2, 0.25) is 0 Å². The number of benzene rings is 1. The summed E-state index contributed by atoms with van der Waals surface area (Å²) in [5.74, 6) is 0.147. The van der Waals surface area contributed by atoms with Crippen LogP contribution in [0.3, 0.4) is 0 Å². The summed E-state index contributed by atoms with van der Waals surface area (Å²) in [7, 11) is 0. The molecule has 2 aromatic rings. The molecule has 0 saturated carbocycles. The first-order valence-electron chi connectivity index (χ1n) is 4.31. The van der Waals surface area contributed by atoms with Crippen molar-refractivity contribution in [1.29, 1.82) is 0 Å². The quantitative estimate of drug-likeness (QED) is 0.755. The standard InChI is InChI=1S/C11H9BrOS/c1-7(13)11(12)9-6-14-10-5-3-2-4-8(9)10/h2-6,11H,1H3. The maximum Gasteiger partial charge on any atom is 0.147 e. The van der Waals surface area contributed by atoms with Crippen LogP contribution >= 0.6 is 27.3 Å². The largest absolute Gasteiger partial charge is 0.298 e. The first-order chi connectivity index (χ1) is 6.70. The summed E-state index contributed by atoms with van der Waals surface area (Å²) in [4.78, 5) is 11.1. The van der Waals surface area contributed by atoms with Crippen molar-refractivity contribution in [3.05, 3.63) is 35.2 Å². The Morgan fingerprint density at radius 3 is 2.86 bits per heavy atom.